The van der Waals surface area contributed by atoms with E-state index in [9.17, 15) is 19.2 Å². The first kappa shape index (κ1) is 16.7. The Kier molecular flexibility index (Phi) is 4.78. The van der Waals surface area contributed by atoms with Crippen molar-refractivity contribution in [2.24, 2.45) is 5.92 Å². The van der Waals surface area contributed by atoms with Crippen molar-refractivity contribution < 1.29 is 24.3 Å². The van der Waals surface area contributed by atoms with E-state index >= 15 is 0 Å². The zero-order valence-electron chi connectivity index (χ0n) is 12.9. The molecule has 1 aliphatic rings. The van der Waals surface area contributed by atoms with Crippen molar-refractivity contribution in [3.05, 3.63) is 35.4 Å². The number of hydrogen-bond donors (Lipinski definition) is 2. The smallest absolute Gasteiger partial charge is 0.326 e. The second kappa shape index (κ2) is 6.60. The van der Waals surface area contributed by atoms with Gasteiger partial charge in [0.15, 0.2) is 0 Å². The van der Waals surface area contributed by atoms with Crippen LogP contribution < -0.4 is 5.32 Å². The van der Waals surface area contributed by atoms with Gasteiger partial charge in [0.25, 0.3) is 11.8 Å². The highest BCUT2D eigenvalue weighted by Gasteiger charge is 2.37. The number of benzene rings is 1. The fourth-order valence-electron chi connectivity index (χ4n) is 2.43. The Morgan fingerprint density at radius 3 is 2.13 bits per heavy atom. The summed E-state index contributed by atoms with van der Waals surface area (Å²) in [7, 11) is 0. The maximum atomic E-state index is 12.2. The van der Waals surface area contributed by atoms with Crippen molar-refractivity contribution in [3.63, 3.8) is 0 Å². The second-order valence-corrected chi connectivity index (χ2v) is 5.51. The van der Waals surface area contributed by atoms with Crippen molar-refractivity contribution >= 4 is 23.7 Å². The SMILES string of the molecule is CCC(C)C(NC(=O)CN1C(=O)c2ccccc2C1=O)C(=O)O. The Morgan fingerprint density at radius 1 is 1.17 bits per heavy atom. The van der Waals surface area contributed by atoms with E-state index in [1.54, 1.807) is 19.1 Å². The number of amides is 3. The number of nitrogens with one attached hydrogen (secondary N) is 1. The van der Waals surface area contributed by atoms with E-state index in [-0.39, 0.29) is 17.0 Å². The number of carbonyl (C=O) groups excluding carboxylic acids is 3. The minimum absolute atomic E-state index is 0.252. The van der Waals surface area contributed by atoms with E-state index in [4.69, 9.17) is 5.11 Å². The quantitative estimate of drug-likeness (QED) is 0.758. The van der Waals surface area contributed by atoms with Gasteiger partial charge in [-0.1, -0.05) is 32.4 Å². The van der Waals surface area contributed by atoms with Crippen molar-refractivity contribution in [3.8, 4) is 0 Å². The lowest BCUT2D eigenvalue weighted by Gasteiger charge is -2.21. The number of carboxylic acids is 1. The summed E-state index contributed by atoms with van der Waals surface area (Å²) in [5.74, 6) is -3.17. The summed E-state index contributed by atoms with van der Waals surface area (Å²) in [4.78, 5) is 48.4. The van der Waals surface area contributed by atoms with Gasteiger partial charge in [0.2, 0.25) is 5.91 Å². The van der Waals surface area contributed by atoms with Crippen LogP contribution >= 0.6 is 0 Å². The maximum absolute atomic E-state index is 12.2. The van der Waals surface area contributed by atoms with E-state index in [0.717, 1.165) is 4.90 Å². The van der Waals surface area contributed by atoms with Crippen LogP contribution in [0.1, 0.15) is 41.0 Å². The van der Waals surface area contributed by atoms with Crippen molar-refractivity contribution in [1.82, 2.24) is 10.2 Å². The van der Waals surface area contributed by atoms with Gasteiger partial charge in [0.1, 0.15) is 12.6 Å². The number of nitrogens with zero attached hydrogens (tertiary/aromatic N) is 1. The molecule has 7 nitrogen and oxygen atoms in total. The molecule has 0 aromatic heterocycles. The van der Waals surface area contributed by atoms with Gasteiger partial charge in [-0.2, -0.15) is 0 Å². The molecule has 0 aliphatic carbocycles. The molecule has 3 amide bonds. The Bertz CT molecular complexity index is 635. The van der Waals surface area contributed by atoms with Crippen molar-refractivity contribution in [2.75, 3.05) is 6.54 Å². The van der Waals surface area contributed by atoms with Gasteiger partial charge in [-0.05, 0) is 18.1 Å². The van der Waals surface area contributed by atoms with Crippen LogP contribution in [0.25, 0.3) is 0 Å². The zero-order valence-corrected chi connectivity index (χ0v) is 12.9. The lowest BCUT2D eigenvalue weighted by molar-refractivity contribution is -0.143. The Morgan fingerprint density at radius 2 is 1.70 bits per heavy atom. The Labute approximate surface area is 133 Å². The molecule has 0 bridgehead atoms. The lowest BCUT2D eigenvalue weighted by Crippen LogP contribution is -2.49. The number of aliphatic carboxylic acids is 1. The highest BCUT2D eigenvalue weighted by molar-refractivity contribution is 6.22. The lowest BCUT2D eigenvalue weighted by atomic mass is 9.99. The maximum Gasteiger partial charge on any atom is 0.326 e. The van der Waals surface area contributed by atoms with E-state index in [2.05, 4.69) is 5.32 Å². The topological polar surface area (TPSA) is 104 Å². The van der Waals surface area contributed by atoms with Gasteiger partial charge < -0.3 is 10.4 Å². The molecule has 1 heterocycles. The van der Waals surface area contributed by atoms with Crippen LogP contribution in [0.15, 0.2) is 24.3 Å². The number of hydrogen-bond acceptors (Lipinski definition) is 4. The van der Waals surface area contributed by atoms with Crippen LogP contribution in [-0.4, -0.2) is 46.3 Å². The summed E-state index contributed by atoms with van der Waals surface area (Å²) in [6.45, 7) is 3.03. The largest absolute Gasteiger partial charge is 0.480 e. The van der Waals surface area contributed by atoms with Crippen LogP contribution in [0.5, 0.6) is 0 Å². The zero-order chi connectivity index (χ0) is 17.1. The van der Waals surface area contributed by atoms with Gasteiger partial charge in [0.05, 0.1) is 11.1 Å². The minimum atomic E-state index is -1.14. The van der Waals surface area contributed by atoms with E-state index in [1.807, 2.05) is 6.92 Å². The van der Waals surface area contributed by atoms with Crippen molar-refractivity contribution in [2.45, 2.75) is 26.3 Å². The van der Waals surface area contributed by atoms with E-state index < -0.39 is 36.3 Å². The number of imide groups is 1. The molecule has 7 heteroatoms. The third-order valence-electron chi connectivity index (χ3n) is 3.98. The summed E-state index contributed by atoms with van der Waals surface area (Å²) in [6.07, 6.45) is 0.574. The number of carbonyl (C=O) groups is 4. The van der Waals surface area contributed by atoms with Crippen LogP contribution in [0.3, 0.4) is 0 Å². The monoisotopic (exact) mass is 318 g/mol. The summed E-state index contributed by atoms with van der Waals surface area (Å²) in [5, 5.41) is 11.5. The van der Waals surface area contributed by atoms with Gasteiger partial charge >= 0.3 is 5.97 Å². The molecule has 23 heavy (non-hydrogen) atoms. The highest BCUT2D eigenvalue weighted by Crippen LogP contribution is 2.22. The molecule has 1 aromatic rings. The van der Waals surface area contributed by atoms with E-state index in [1.165, 1.54) is 12.1 Å². The molecule has 0 spiro atoms. The summed E-state index contributed by atoms with van der Waals surface area (Å²) in [6, 6.07) is 5.26. The fraction of sp³-hybridized carbons (Fsp3) is 0.375. The Balaban J connectivity index is 2.08. The van der Waals surface area contributed by atoms with E-state index in [0.29, 0.717) is 6.42 Å². The molecule has 0 radical (unpaired) electrons. The molecule has 2 N–H and O–H groups in total. The molecular weight excluding hydrogens is 300 g/mol. The molecule has 1 aromatic carbocycles. The third-order valence-corrected chi connectivity index (χ3v) is 3.98. The third kappa shape index (κ3) is 3.23. The molecule has 2 unspecified atom stereocenters. The molecular formula is C16H18N2O5. The summed E-state index contributed by atoms with van der Waals surface area (Å²) >= 11 is 0. The first-order valence-electron chi connectivity index (χ1n) is 7.34. The average Bonchev–Trinajstić information content (AvgIpc) is 2.77. The first-order valence-corrected chi connectivity index (χ1v) is 7.34. The van der Waals surface area contributed by atoms with Crippen molar-refractivity contribution in [1.29, 1.82) is 0 Å². The van der Waals surface area contributed by atoms with Crippen LogP contribution in [0.4, 0.5) is 0 Å². The number of rotatable bonds is 6. The Hall–Kier alpha value is -2.70. The molecule has 122 valence electrons. The van der Waals surface area contributed by atoms with Crippen LogP contribution in [0, 0.1) is 5.92 Å². The molecule has 2 atom stereocenters. The van der Waals surface area contributed by atoms with Gasteiger partial charge in [-0.25, -0.2) is 4.79 Å². The van der Waals surface area contributed by atoms with Gasteiger partial charge in [-0.3, -0.25) is 19.3 Å². The number of fused-ring (bicyclic) bond motifs is 1. The standard InChI is InChI=1S/C16H18N2O5/c1-3-9(2)13(16(22)23)17-12(19)8-18-14(20)10-6-4-5-7-11(10)15(18)21/h4-7,9,13H,3,8H2,1-2H3,(H,17,19)(H,22,23). The predicted molar refractivity (Wildman–Crippen MR) is 80.8 cm³/mol. The van der Waals surface area contributed by atoms with Crippen LogP contribution in [0.2, 0.25) is 0 Å². The first-order chi connectivity index (χ1) is 10.9. The van der Waals surface area contributed by atoms with Gasteiger partial charge in [-0.15, -0.1) is 0 Å². The fourth-order valence-corrected chi connectivity index (χ4v) is 2.43. The average molecular weight is 318 g/mol. The predicted octanol–water partition coefficient (Wildman–Crippen LogP) is 0.898. The molecule has 2 rings (SSSR count). The summed E-state index contributed by atoms with van der Waals surface area (Å²) in [5.41, 5.74) is 0.504. The normalized spacial score (nSPS) is 16.0. The second-order valence-electron chi connectivity index (χ2n) is 5.51. The molecule has 1 aliphatic heterocycles. The molecule has 0 saturated heterocycles. The summed E-state index contributed by atoms with van der Waals surface area (Å²) < 4.78 is 0. The molecule has 0 saturated carbocycles. The number of carboxylic acid groups (broad SMARTS) is 1. The highest BCUT2D eigenvalue weighted by atomic mass is 16.4. The van der Waals surface area contributed by atoms with Gasteiger partial charge in [0, 0.05) is 0 Å². The minimum Gasteiger partial charge on any atom is -0.480 e. The molecule has 0 fully saturated rings. The van der Waals surface area contributed by atoms with Crippen LogP contribution in [-0.2, 0) is 9.59 Å².